The third-order valence-corrected chi connectivity index (χ3v) is 4.16. The highest BCUT2D eigenvalue weighted by Crippen LogP contribution is 2.19. The first kappa shape index (κ1) is 15.5. The number of amides is 2. The Morgan fingerprint density at radius 3 is 2.86 bits per heavy atom. The maximum atomic E-state index is 12.8. The van der Waals surface area contributed by atoms with Gasteiger partial charge in [-0.15, -0.1) is 0 Å². The van der Waals surface area contributed by atoms with Crippen LogP contribution in [0.25, 0.3) is 0 Å². The first-order valence-corrected chi connectivity index (χ1v) is 7.72. The molecule has 0 radical (unpaired) electrons. The highest BCUT2D eigenvalue weighted by molar-refractivity contribution is 5.96. The number of nitrogens with one attached hydrogen (secondary N) is 1. The van der Waals surface area contributed by atoms with Crippen molar-refractivity contribution in [1.29, 1.82) is 0 Å². The zero-order valence-corrected chi connectivity index (χ0v) is 13.0. The summed E-state index contributed by atoms with van der Waals surface area (Å²) in [6.07, 6.45) is 4.29. The summed E-state index contributed by atoms with van der Waals surface area (Å²) in [4.78, 5) is 26.4. The maximum Gasteiger partial charge on any atom is 0.272 e. The van der Waals surface area contributed by atoms with Crippen LogP contribution in [0.1, 0.15) is 56.6 Å². The molecule has 1 N–H and O–H groups in total. The number of nitrogens with zero attached hydrogens (tertiary/aromatic N) is 3. The Balaban J connectivity index is 2.27. The average molecular weight is 292 g/mol. The summed E-state index contributed by atoms with van der Waals surface area (Å²) in [5.41, 5.74) is 0.574. The summed E-state index contributed by atoms with van der Waals surface area (Å²) >= 11 is 0. The van der Waals surface area contributed by atoms with Gasteiger partial charge in [0.25, 0.3) is 5.91 Å². The molecule has 1 aliphatic heterocycles. The lowest BCUT2D eigenvalue weighted by atomic mass is 10.1. The second-order valence-corrected chi connectivity index (χ2v) is 5.45. The van der Waals surface area contributed by atoms with Gasteiger partial charge in [-0.25, -0.2) is 0 Å². The molecule has 1 aromatic heterocycles. The van der Waals surface area contributed by atoms with Crippen LogP contribution in [0.3, 0.4) is 0 Å². The molecule has 1 aliphatic rings. The standard InChI is InChI=1S/C15H24N4O2/c1-4-12(5-2)19-13(7-9-17-19)15(21)18-10-6-8-16-14(20)11(18)3/h7,9,11-12H,4-6,8,10H2,1-3H3,(H,16,20)/t11-/m0/s1. The van der Waals surface area contributed by atoms with Crippen LogP contribution in [0.5, 0.6) is 0 Å². The predicted molar refractivity (Wildman–Crippen MR) is 80.0 cm³/mol. The lowest BCUT2D eigenvalue weighted by Crippen LogP contribution is -2.46. The molecule has 21 heavy (non-hydrogen) atoms. The van der Waals surface area contributed by atoms with E-state index in [1.54, 1.807) is 28.8 Å². The molecule has 1 saturated heterocycles. The summed E-state index contributed by atoms with van der Waals surface area (Å²) in [5, 5.41) is 7.14. The first-order chi connectivity index (χ1) is 10.1. The van der Waals surface area contributed by atoms with Gasteiger partial charge in [-0.2, -0.15) is 5.10 Å². The van der Waals surface area contributed by atoms with Crippen molar-refractivity contribution in [3.8, 4) is 0 Å². The van der Waals surface area contributed by atoms with E-state index in [-0.39, 0.29) is 17.9 Å². The van der Waals surface area contributed by atoms with Crippen LogP contribution in [0.15, 0.2) is 12.3 Å². The summed E-state index contributed by atoms with van der Waals surface area (Å²) in [7, 11) is 0. The van der Waals surface area contributed by atoms with Crippen molar-refractivity contribution < 1.29 is 9.59 Å². The third kappa shape index (κ3) is 3.09. The van der Waals surface area contributed by atoms with E-state index in [0.29, 0.717) is 18.8 Å². The van der Waals surface area contributed by atoms with Gasteiger partial charge in [0, 0.05) is 19.3 Å². The zero-order chi connectivity index (χ0) is 15.4. The van der Waals surface area contributed by atoms with Crippen molar-refractivity contribution in [2.75, 3.05) is 13.1 Å². The van der Waals surface area contributed by atoms with E-state index < -0.39 is 6.04 Å². The Morgan fingerprint density at radius 2 is 2.19 bits per heavy atom. The number of hydrogen-bond acceptors (Lipinski definition) is 3. The van der Waals surface area contributed by atoms with E-state index in [9.17, 15) is 9.59 Å². The van der Waals surface area contributed by atoms with Crippen molar-refractivity contribution in [2.24, 2.45) is 0 Å². The highest BCUT2D eigenvalue weighted by Gasteiger charge is 2.30. The third-order valence-electron chi connectivity index (χ3n) is 4.16. The molecule has 2 amide bonds. The Kier molecular flexibility index (Phi) is 4.98. The van der Waals surface area contributed by atoms with Gasteiger partial charge < -0.3 is 10.2 Å². The van der Waals surface area contributed by atoms with Gasteiger partial charge in [0.2, 0.25) is 5.91 Å². The van der Waals surface area contributed by atoms with Crippen LogP contribution >= 0.6 is 0 Å². The van der Waals surface area contributed by atoms with Gasteiger partial charge in [-0.05, 0) is 32.3 Å². The van der Waals surface area contributed by atoms with E-state index >= 15 is 0 Å². The van der Waals surface area contributed by atoms with Crippen molar-refractivity contribution >= 4 is 11.8 Å². The number of carbonyl (C=O) groups is 2. The highest BCUT2D eigenvalue weighted by atomic mass is 16.2. The van der Waals surface area contributed by atoms with E-state index in [2.05, 4.69) is 24.3 Å². The molecule has 0 bridgehead atoms. The number of hydrogen-bond donors (Lipinski definition) is 1. The van der Waals surface area contributed by atoms with Crippen molar-refractivity contribution in [1.82, 2.24) is 20.0 Å². The summed E-state index contributed by atoms with van der Waals surface area (Å²) in [6, 6.07) is 1.52. The molecule has 0 aliphatic carbocycles. The number of rotatable bonds is 4. The fourth-order valence-corrected chi connectivity index (χ4v) is 2.78. The fourth-order valence-electron chi connectivity index (χ4n) is 2.78. The SMILES string of the molecule is CCC(CC)n1nccc1C(=O)N1CCCNC(=O)[C@@H]1C. The van der Waals surface area contributed by atoms with Gasteiger partial charge in [-0.3, -0.25) is 14.3 Å². The molecular weight excluding hydrogens is 268 g/mol. The predicted octanol–water partition coefficient (Wildman–Crippen LogP) is 1.59. The van der Waals surface area contributed by atoms with Crippen LogP contribution < -0.4 is 5.32 Å². The summed E-state index contributed by atoms with van der Waals surface area (Å²) < 4.78 is 1.80. The molecule has 116 valence electrons. The Hall–Kier alpha value is -1.85. The van der Waals surface area contributed by atoms with Crippen LogP contribution in [0, 0.1) is 0 Å². The molecule has 0 saturated carbocycles. The molecule has 0 spiro atoms. The molecule has 1 fully saturated rings. The van der Waals surface area contributed by atoms with E-state index in [0.717, 1.165) is 19.3 Å². The van der Waals surface area contributed by atoms with Crippen LogP contribution in [-0.2, 0) is 4.79 Å². The molecular formula is C15H24N4O2. The molecule has 6 heteroatoms. The van der Waals surface area contributed by atoms with E-state index in [1.807, 2.05) is 0 Å². The Labute approximate surface area is 125 Å². The van der Waals surface area contributed by atoms with Crippen molar-refractivity contribution in [3.63, 3.8) is 0 Å². The minimum absolute atomic E-state index is 0.0885. The van der Waals surface area contributed by atoms with Crippen LogP contribution in [-0.4, -0.2) is 45.6 Å². The van der Waals surface area contributed by atoms with E-state index in [1.165, 1.54) is 0 Å². The Bertz CT molecular complexity index is 508. The average Bonchev–Trinajstić information content (AvgIpc) is 2.90. The monoisotopic (exact) mass is 292 g/mol. The molecule has 1 atom stereocenters. The fraction of sp³-hybridized carbons (Fsp3) is 0.667. The zero-order valence-electron chi connectivity index (χ0n) is 13.0. The minimum atomic E-state index is -0.440. The molecule has 0 aromatic carbocycles. The number of carbonyl (C=O) groups excluding carboxylic acids is 2. The normalized spacial score (nSPS) is 19.5. The van der Waals surface area contributed by atoms with Gasteiger partial charge in [0.15, 0.2) is 0 Å². The van der Waals surface area contributed by atoms with Crippen LogP contribution in [0.2, 0.25) is 0 Å². The van der Waals surface area contributed by atoms with Crippen molar-refractivity contribution in [2.45, 2.75) is 52.1 Å². The summed E-state index contributed by atoms with van der Waals surface area (Å²) in [6.45, 7) is 7.17. The van der Waals surface area contributed by atoms with E-state index in [4.69, 9.17) is 0 Å². The maximum absolute atomic E-state index is 12.8. The molecule has 6 nitrogen and oxygen atoms in total. The van der Waals surface area contributed by atoms with Gasteiger partial charge >= 0.3 is 0 Å². The van der Waals surface area contributed by atoms with Crippen molar-refractivity contribution in [3.05, 3.63) is 18.0 Å². The lowest BCUT2D eigenvalue weighted by Gasteiger charge is -2.26. The smallest absolute Gasteiger partial charge is 0.272 e. The molecule has 2 heterocycles. The quantitative estimate of drug-likeness (QED) is 0.916. The second-order valence-electron chi connectivity index (χ2n) is 5.45. The molecule has 1 aromatic rings. The molecule has 0 unspecified atom stereocenters. The van der Waals surface area contributed by atoms with Gasteiger partial charge in [-0.1, -0.05) is 13.8 Å². The Morgan fingerprint density at radius 1 is 1.48 bits per heavy atom. The van der Waals surface area contributed by atoms with Gasteiger partial charge in [0.05, 0.1) is 6.04 Å². The summed E-state index contributed by atoms with van der Waals surface area (Å²) in [5.74, 6) is -0.196. The topological polar surface area (TPSA) is 67.2 Å². The number of aromatic nitrogens is 2. The minimum Gasteiger partial charge on any atom is -0.354 e. The van der Waals surface area contributed by atoms with Crippen LogP contribution in [0.4, 0.5) is 0 Å². The first-order valence-electron chi connectivity index (χ1n) is 7.72. The lowest BCUT2D eigenvalue weighted by molar-refractivity contribution is -0.124. The van der Waals surface area contributed by atoms with Gasteiger partial charge in [0.1, 0.15) is 11.7 Å². The molecule has 2 rings (SSSR count). The second kappa shape index (κ2) is 6.74. The largest absolute Gasteiger partial charge is 0.354 e.